The number of nitrogens with one attached hydrogen (secondary N) is 1. The molecule has 0 radical (unpaired) electrons. The number of hydrazine groups is 1. The predicted molar refractivity (Wildman–Crippen MR) is 35.5 cm³/mol. The molecule has 0 aliphatic heterocycles. The van der Waals surface area contributed by atoms with E-state index in [0.29, 0.717) is 0 Å². The minimum atomic E-state index is -0.171. The Kier molecular flexibility index (Phi) is 2.46. The van der Waals surface area contributed by atoms with Gasteiger partial charge in [-0.3, -0.25) is 10.4 Å². The van der Waals surface area contributed by atoms with E-state index in [9.17, 15) is 0 Å². The monoisotopic (exact) mass is 130 g/mol. The van der Waals surface area contributed by atoms with Crippen LogP contribution in [0.25, 0.3) is 0 Å². The zero-order valence-corrected chi connectivity index (χ0v) is 5.13. The van der Waals surface area contributed by atoms with E-state index in [4.69, 9.17) is 22.7 Å². The summed E-state index contributed by atoms with van der Waals surface area (Å²) >= 11 is 0. The Hall–Kier alpha value is -1.30. The molecule has 6 nitrogen and oxygen atoms in total. The van der Waals surface area contributed by atoms with Gasteiger partial charge < -0.3 is 11.5 Å². The van der Waals surface area contributed by atoms with Crippen LogP contribution in [-0.2, 0) is 0 Å². The Balaban J connectivity index is 3.93. The molecule has 0 aromatic heterocycles. The highest BCUT2D eigenvalue weighted by molar-refractivity contribution is 5.91. The number of nitrogens with two attached hydrogens (primary N) is 3. The van der Waals surface area contributed by atoms with Gasteiger partial charge in [0.2, 0.25) is 5.96 Å². The summed E-state index contributed by atoms with van der Waals surface area (Å²) in [5.41, 5.74) is 9.87. The van der Waals surface area contributed by atoms with E-state index < -0.39 is 0 Å². The lowest BCUT2D eigenvalue weighted by atomic mass is 10.9. The first-order valence-corrected chi connectivity index (χ1v) is 2.20. The quantitative estimate of drug-likeness (QED) is 0.131. The van der Waals surface area contributed by atoms with Crippen LogP contribution in [0.1, 0.15) is 0 Å². The normalized spacial score (nSPS) is 8.22. The van der Waals surface area contributed by atoms with Crippen molar-refractivity contribution in [2.24, 2.45) is 22.3 Å². The first-order valence-electron chi connectivity index (χ1n) is 2.20. The number of rotatable bonds is 0. The Morgan fingerprint density at radius 1 is 1.56 bits per heavy atom. The third kappa shape index (κ3) is 3.30. The molecule has 0 fully saturated rings. The van der Waals surface area contributed by atoms with Crippen molar-refractivity contribution in [2.45, 2.75) is 0 Å². The smallest absolute Gasteiger partial charge is 0.235 e. The van der Waals surface area contributed by atoms with Crippen molar-refractivity contribution in [1.29, 1.82) is 5.41 Å². The summed E-state index contributed by atoms with van der Waals surface area (Å²) in [5, 5.41) is 7.93. The largest absolute Gasteiger partial charge is 0.370 e. The average Bonchev–Trinajstić information content (AvgIpc) is 1.63. The Labute approximate surface area is 52.8 Å². The van der Waals surface area contributed by atoms with Crippen LogP contribution in [0.4, 0.5) is 0 Å². The zero-order chi connectivity index (χ0) is 7.44. The molecule has 7 N–H and O–H groups in total. The van der Waals surface area contributed by atoms with Crippen molar-refractivity contribution >= 4 is 11.9 Å². The maximum absolute atomic E-state index is 6.93. The SMILES string of the molecule is CN(N)C(=N)N=C(N)N. The summed E-state index contributed by atoms with van der Waals surface area (Å²) in [6, 6.07) is 0. The van der Waals surface area contributed by atoms with Gasteiger partial charge in [0.05, 0.1) is 0 Å². The van der Waals surface area contributed by atoms with Gasteiger partial charge >= 0.3 is 0 Å². The summed E-state index contributed by atoms with van der Waals surface area (Å²) in [4.78, 5) is 3.33. The second-order valence-electron chi connectivity index (χ2n) is 1.47. The predicted octanol–water partition coefficient (Wildman–Crippen LogP) is -2.00. The van der Waals surface area contributed by atoms with Gasteiger partial charge in [0.25, 0.3) is 0 Å². The highest BCUT2D eigenvalue weighted by atomic mass is 15.4. The fourth-order valence-corrected chi connectivity index (χ4v) is 0.201. The summed E-state index contributed by atoms with van der Waals surface area (Å²) in [6.07, 6.45) is 0. The van der Waals surface area contributed by atoms with Gasteiger partial charge in [0.15, 0.2) is 5.96 Å². The van der Waals surface area contributed by atoms with Crippen LogP contribution in [0.3, 0.4) is 0 Å². The molecule has 0 aliphatic rings. The molecular formula is C3H10N6. The lowest BCUT2D eigenvalue weighted by Gasteiger charge is -2.07. The van der Waals surface area contributed by atoms with Gasteiger partial charge in [-0.2, -0.15) is 4.99 Å². The van der Waals surface area contributed by atoms with Crippen molar-refractivity contribution in [3.8, 4) is 0 Å². The topological polar surface area (TPSA) is 118 Å². The molecule has 6 heteroatoms. The highest BCUT2D eigenvalue weighted by Crippen LogP contribution is 1.74. The summed E-state index contributed by atoms with van der Waals surface area (Å²) < 4.78 is 0. The fraction of sp³-hybridized carbons (Fsp3) is 0.333. The van der Waals surface area contributed by atoms with Crippen LogP contribution in [0, 0.1) is 5.41 Å². The minimum absolute atomic E-state index is 0.169. The van der Waals surface area contributed by atoms with E-state index in [0.717, 1.165) is 5.01 Å². The van der Waals surface area contributed by atoms with E-state index >= 15 is 0 Å². The standard InChI is InChI=1S/C3H10N6/c1-9(7)3(6)8-2(4)5/h7H2,1H3,(H5,4,5,6,8). The molecule has 0 bridgehead atoms. The Morgan fingerprint density at radius 3 is 2.11 bits per heavy atom. The van der Waals surface area contributed by atoms with E-state index in [2.05, 4.69) is 4.99 Å². The van der Waals surface area contributed by atoms with Gasteiger partial charge in [0, 0.05) is 7.05 Å². The minimum Gasteiger partial charge on any atom is -0.370 e. The molecule has 0 heterocycles. The van der Waals surface area contributed by atoms with E-state index in [1.807, 2.05) is 0 Å². The Morgan fingerprint density at radius 2 is 2.00 bits per heavy atom. The van der Waals surface area contributed by atoms with Gasteiger partial charge in [-0.1, -0.05) is 0 Å². The van der Waals surface area contributed by atoms with Gasteiger partial charge in [0.1, 0.15) is 0 Å². The van der Waals surface area contributed by atoms with E-state index in [-0.39, 0.29) is 11.9 Å². The fourth-order valence-electron chi connectivity index (χ4n) is 0.201. The van der Waals surface area contributed by atoms with Crippen LogP contribution < -0.4 is 17.3 Å². The lowest BCUT2D eigenvalue weighted by molar-refractivity contribution is 0.528. The first-order chi connectivity index (χ1) is 4.04. The molecule has 0 aliphatic carbocycles. The van der Waals surface area contributed by atoms with E-state index in [1.54, 1.807) is 0 Å². The van der Waals surface area contributed by atoms with Crippen molar-refractivity contribution in [3.05, 3.63) is 0 Å². The molecular weight excluding hydrogens is 120 g/mol. The van der Waals surface area contributed by atoms with Crippen molar-refractivity contribution in [1.82, 2.24) is 5.01 Å². The van der Waals surface area contributed by atoms with Crippen LogP contribution in [-0.4, -0.2) is 24.0 Å². The third-order valence-electron chi connectivity index (χ3n) is 0.569. The van der Waals surface area contributed by atoms with Crippen LogP contribution >= 0.6 is 0 Å². The molecule has 0 rings (SSSR count). The van der Waals surface area contributed by atoms with Crippen molar-refractivity contribution in [2.75, 3.05) is 7.05 Å². The average molecular weight is 130 g/mol. The second-order valence-corrected chi connectivity index (χ2v) is 1.47. The highest BCUT2D eigenvalue weighted by Gasteiger charge is 1.93. The number of aliphatic imine (C=N–C) groups is 1. The van der Waals surface area contributed by atoms with Crippen LogP contribution in [0.2, 0.25) is 0 Å². The van der Waals surface area contributed by atoms with Gasteiger partial charge in [-0.25, -0.2) is 5.84 Å². The molecule has 0 saturated heterocycles. The summed E-state index contributed by atoms with van der Waals surface area (Å²) in [7, 11) is 1.47. The zero-order valence-electron chi connectivity index (χ0n) is 5.13. The Bertz CT molecular complexity index is 131. The summed E-state index contributed by atoms with van der Waals surface area (Å²) in [6.45, 7) is 0. The summed E-state index contributed by atoms with van der Waals surface area (Å²) in [5.74, 6) is 4.73. The molecule has 0 amide bonds. The molecule has 0 aromatic carbocycles. The molecule has 0 saturated carbocycles. The second kappa shape index (κ2) is 2.88. The van der Waals surface area contributed by atoms with Crippen molar-refractivity contribution < 1.29 is 0 Å². The molecule has 0 atom stereocenters. The molecule has 9 heavy (non-hydrogen) atoms. The van der Waals surface area contributed by atoms with E-state index in [1.165, 1.54) is 7.05 Å². The number of hydrogen-bond donors (Lipinski definition) is 4. The molecule has 0 aromatic rings. The van der Waals surface area contributed by atoms with Crippen LogP contribution in [0.5, 0.6) is 0 Å². The third-order valence-corrected chi connectivity index (χ3v) is 0.569. The van der Waals surface area contributed by atoms with Crippen LogP contribution in [0.15, 0.2) is 4.99 Å². The maximum Gasteiger partial charge on any atom is 0.235 e. The van der Waals surface area contributed by atoms with Crippen molar-refractivity contribution in [3.63, 3.8) is 0 Å². The first kappa shape index (κ1) is 7.70. The molecule has 0 spiro atoms. The lowest BCUT2D eigenvalue weighted by Crippen LogP contribution is -2.34. The van der Waals surface area contributed by atoms with Gasteiger partial charge in [-0.05, 0) is 0 Å². The maximum atomic E-state index is 6.93. The molecule has 0 unspecified atom stereocenters. The number of hydrogen-bond acceptors (Lipinski definition) is 2. The number of guanidine groups is 2. The number of nitrogens with zero attached hydrogens (tertiary/aromatic N) is 2. The van der Waals surface area contributed by atoms with Gasteiger partial charge in [-0.15, -0.1) is 0 Å². The molecule has 52 valence electrons.